The summed E-state index contributed by atoms with van der Waals surface area (Å²) in [5.74, 6) is 0. The monoisotopic (exact) mass is 304 g/mol. The molecule has 1 aliphatic rings. The predicted molar refractivity (Wildman–Crippen MR) is 74.6 cm³/mol. The molecule has 1 aromatic carbocycles. The van der Waals surface area contributed by atoms with Gasteiger partial charge in [0.15, 0.2) is 0 Å². The fourth-order valence-corrected chi connectivity index (χ4v) is 3.58. The van der Waals surface area contributed by atoms with Crippen LogP contribution in [0.5, 0.6) is 0 Å². The Hall–Kier alpha value is -0.820. The number of rotatable bonds is 5. The molecule has 0 heterocycles. The van der Waals surface area contributed by atoms with Gasteiger partial charge in [0.2, 0.25) is 10.0 Å². The zero-order valence-electron chi connectivity index (χ0n) is 10.6. The van der Waals surface area contributed by atoms with Crippen LogP contribution in [0, 0.1) is 0 Å². The van der Waals surface area contributed by atoms with Crippen molar-refractivity contribution in [1.29, 1.82) is 0 Å². The Balaban J connectivity index is 2.16. The van der Waals surface area contributed by atoms with Gasteiger partial charge in [-0.3, -0.25) is 0 Å². The summed E-state index contributed by atoms with van der Waals surface area (Å²) in [5, 5.41) is 0.333. The van der Waals surface area contributed by atoms with E-state index >= 15 is 0 Å². The molecule has 0 aromatic heterocycles. The predicted octanol–water partition coefficient (Wildman–Crippen LogP) is 1.77. The lowest BCUT2D eigenvalue weighted by Crippen LogP contribution is -2.49. The van der Waals surface area contributed by atoms with E-state index in [9.17, 15) is 8.42 Å². The Kier molecular flexibility index (Phi) is 4.06. The van der Waals surface area contributed by atoms with Crippen LogP contribution in [0.4, 0.5) is 5.69 Å². The molecule has 19 heavy (non-hydrogen) atoms. The first-order valence-corrected chi connectivity index (χ1v) is 7.84. The molecule has 0 unspecified atom stereocenters. The lowest BCUT2D eigenvalue weighted by atomic mass is 9.80. The average molecular weight is 305 g/mol. The molecule has 0 radical (unpaired) electrons. The minimum atomic E-state index is -3.67. The van der Waals surface area contributed by atoms with Gasteiger partial charge >= 0.3 is 0 Å². The molecule has 1 aliphatic carbocycles. The molecular weight excluding hydrogens is 288 g/mol. The number of nitrogen functional groups attached to an aromatic ring is 1. The maximum Gasteiger partial charge on any atom is 0.242 e. The van der Waals surface area contributed by atoms with Crippen LogP contribution in [0.1, 0.15) is 19.3 Å². The summed E-state index contributed by atoms with van der Waals surface area (Å²) in [7, 11) is -2.07. The van der Waals surface area contributed by atoms with E-state index in [-0.39, 0.29) is 22.7 Å². The van der Waals surface area contributed by atoms with Crippen LogP contribution in [0.2, 0.25) is 5.02 Å². The van der Waals surface area contributed by atoms with Gasteiger partial charge in [0.25, 0.3) is 0 Å². The average Bonchev–Trinajstić information content (AvgIpc) is 2.31. The summed E-state index contributed by atoms with van der Waals surface area (Å²) in [6.45, 7) is 0.248. The molecule has 0 atom stereocenters. The quantitative estimate of drug-likeness (QED) is 0.812. The van der Waals surface area contributed by atoms with E-state index in [0.717, 1.165) is 19.3 Å². The summed E-state index contributed by atoms with van der Waals surface area (Å²) >= 11 is 5.81. The summed E-state index contributed by atoms with van der Waals surface area (Å²) in [4.78, 5) is 0.00516. The van der Waals surface area contributed by atoms with Crippen molar-refractivity contribution in [2.75, 3.05) is 19.4 Å². The molecular formula is C12H17ClN2O3S. The lowest BCUT2D eigenvalue weighted by molar-refractivity contribution is -0.0659. The minimum Gasteiger partial charge on any atom is -0.398 e. The molecule has 1 fully saturated rings. The molecule has 106 valence electrons. The highest BCUT2D eigenvalue weighted by Crippen LogP contribution is 2.34. The first-order valence-electron chi connectivity index (χ1n) is 5.98. The van der Waals surface area contributed by atoms with Crippen LogP contribution in [-0.4, -0.2) is 27.7 Å². The zero-order chi connectivity index (χ0) is 14.1. The lowest BCUT2D eigenvalue weighted by Gasteiger charge is -2.40. The fourth-order valence-electron chi connectivity index (χ4n) is 2.07. The summed E-state index contributed by atoms with van der Waals surface area (Å²) < 4.78 is 32.3. The van der Waals surface area contributed by atoms with Crippen LogP contribution in [-0.2, 0) is 14.8 Å². The fraction of sp³-hybridized carbons (Fsp3) is 0.500. The van der Waals surface area contributed by atoms with Gasteiger partial charge in [-0.25, -0.2) is 13.1 Å². The van der Waals surface area contributed by atoms with Gasteiger partial charge in [0.1, 0.15) is 4.90 Å². The molecule has 7 heteroatoms. The highest BCUT2D eigenvalue weighted by molar-refractivity contribution is 7.89. The zero-order valence-corrected chi connectivity index (χ0v) is 12.2. The second kappa shape index (κ2) is 5.28. The summed E-state index contributed by atoms with van der Waals surface area (Å²) in [5.41, 5.74) is 5.49. The molecule has 3 N–H and O–H groups in total. The highest BCUT2D eigenvalue weighted by atomic mass is 35.5. The number of halogens is 1. The maximum atomic E-state index is 12.2. The smallest absolute Gasteiger partial charge is 0.242 e. The summed E-state index contributed by atoms with van der Waals surface area (Å²) in [6.07, 6.45) is 2.77. The van der Waals surface area contributed by atoms with Crippen molar-refractivity contribution in [2.45, 2.75) is 29.8 Å². The Bertz CT molecular complexity index is 565. The SMILES string of the molecule is COC1(CNS(=O)(=O)c2cc(Cl)ccc2N)CCC1. The van der Waals surface area contributed by atoms with Crippen LogP contribution < -0.4 is 10.5 Å². The van der Waals surface area contributed by atoms with Gasteiger partial charge < -0.3 is 10.5 Å². The van der Waals surface area contributed by atoms with E-state index in [1.807, 2.05) is 0 Å². The standard InChI is InChI=1S/C12H17ClN2O3S/c1-18-12(5-2-6-12)8-15-19(16,17)11-7-9(13)3-4-10(11)14/h3-4,7,15H,2,5-6,8,14H2,1H3. The van der Waals surface area contributed by atoms with Gasteiger partial charge in [0.05, 0.1) is 11.3 Å². The number of methoxy groups -OCH3 is 1. The third-order valence-electron chi connectivity index (χ3n) is 3.55. The van der Waals surface area contributed by atoms with E-state index in [1.54, 1.807) is 13.2 Å². The Morgan fingerprint density at radius 1 is 1.47 bits per heavy atom. The normalized spacial score (nSPS) is 18.0. The number of nitrogens with two attached hydrogens (primary N) is 1. The largest absolute Gasteiger partial charge is 0.398 e. The first-order chi connectivity index (χ1) is 8.88. The van der Waals surface area contributed by atoms with Gasteiger partial charge in [-0.1, -0.05) is 11.6 Å². The minimum absolute atomic E-state index is 0.00516. The number of hydrogen-bond donors (Lipinski definition) is 2. The van der Waals surface area contributed by atoms with E-state index in [4.69, 9.17) is 22.1 Å². The van der Waals surface area contributed by atoms with Crippen molar-refractivity contribution in [3.8, 4) is 0 Å². The molecule has 2 rings (SSSR count). The van der Waals surface area contributed by atoms with Crippen molar-refractivity contribution < 1.29 is 13.2 Å². The second-order valence-corrected chi connectivity index (χ2v) is 6.92. The van der Waals surface area contributed by atoms with Gasteiger partial charge in [0, 0.05) is 18.7 Å². The number of sulfonamides is 1. The van der Waals surface area contributed by atoms with Gasteiger partial charge in [-0.2, -0.15) is 0 Å². The van der Waals surface area contributed by atoms with Crippen molar-refractivity contribution in [3.05, 3.63) is 23.2 Å². The molecule has 1 aromatic rings. The van der Waals surface area contributed by atoms with Crippen molar-refractivity contribution in [3.63, 3.8) is 0 Å². The topological polar surface area (TPSA) is 81.4 Å². The molecule has 0 bridgehead atoms. The van der Waals surface area contributed by atoms with E-state index in [1.165, 1.54) is 12.1 Å². The van der Waals surface area contributed by atoms with Crippen LogP contribution in [0.25, 0.3) is 0 Å². The first kappa shape index (κ1) is 14.6. The number of anilines is 1. The summed E-state index contributed by atoms with van der Waals surface area (Å²) in [6, 6.07) is 4.38. The van der Waals surface area contributed by atoms with E-state index < -0.39 is 10.0 Å². The van der Waals surface area contributed by atoms with Crippen molar-refractivity contribution in [1.82, 2.24) is 4.72 Å². The molecule has 0 aliphatic heterocycles. The van der Waals surface area contributed by atoms with Crippen LogP contribution >= 0.6 is 11.6 Å². The molecule has 0 amide bonds. The number of ether oxygens (including phenoxy) is 1. The molecule has 5 nitrogen and oxygen atoms in total. The van der Waals surface area contributed by atoms with Crippen molar-refractivity contribution >= 4 is 27.3 Å². The number of hydrogen-bond acceptors (Lipinski definition) is 4. The third-order valence-corrected chi connectivity index (χ3v) is 5.24. The number of benzene rings is 1. The Morgan fingerprint density at radius 2 is 2.16 bits per heavy atom. The molecule has 1 saturated carbocycles. The van der Waals surface area contributed by atoms with Crippen LogP contribution in [0.15, 0.2) is 23.1 Å². The Morgan fingerprint density at radius 3 is 2.68 bits per heavy atom. The maximum absolute atomic E-state index is 12.2. The highest BCUT2D eigenvalue weighted by Gasteiger charge is 2.38. The molecule has 0 saturated heterocycles. The van der Waals surface area contributed by atoms with E-state index in [0.29, 0.717) is 5.02 Å². The van der Waals surface area contributed by atoms with Gasteiger partial charge in [-0.15, -0.1) is 0 Å². The second-order valence-electron chi connectivity index (χ2n) is 4.75. The number of nitrogens with one attached hydrogen (secondary N) is 1. The van der Waals surface area contributed by atoms with Gasteiger partial charge in [-0.05, 0) is 37.5 Å². The van der Waals surface area contributed by atoms with Crippen molar-refractivity contribution in [2.24, 2.45) is 0 Å². The third kappa shape index (κ3) is 3.02. The van der Waals surface area contributed by atoms with E-state index in [2.05, 4.69) is 4.72 Å². The Labute approximate surface area is 118 Å². The van der Waals surface area contributed by atoms with Crippen LogP contribution in [0.3, 0.4) is 0 Å². The molecule has 0 spiro atoms.